The maximum Gasteiger partial charge on any atom is 0.258 e. The van der Waals surface area contributed by atoms with Gasteiger partial charge >= 0.3 is 0 Å². The van der Waals surface area contributed by atoms with Crippen LogP contribution in [-0.2, 0) is 14.6 Å². The number of rotatable bonds is 6. The highest BCUT2D eigenvalue weighted by atomic mass is 32.2. The number of nitrogens with one attached hydrogen (secondary N) is 1. The van der Waals surface area contributed by atoms with Crippen molar-refractivity contribution in [2.24, 2.45) is 0 Å². The van der Waals surface area contributed by atoms with Crippen molar-refractivity contribution in [2.45, 2.75) is 19.4 Å². The highest BCUT2D eigenvalue weighted by molar-refractivity contribution is 7.91. The molecule has 1 aromatic rings. The molecule has 0 saturated carbocycles. The van der Waals surface area contributed by atoms with Crippen LogP contribution in [0.25, 0.3) is 0 Å². The Morgan fingerprint density at radius 1 is 1.33 bits per heavy atom. The molecule has 0 aliphatic carbocycles. The lowest BCUT2D eigenvalue weighted by Crippen LogP contribution is -2.38. The zero-order valence-electron chi connectivity index (χ0n) is 11.9. The Morgan fingerprint density at radius 3 is 2.67 bits per heavy atom. The van der Waals surface area contributed by atoms with Gasteiger partial charge in [-0.1, -0.05) is 6.07 Å². The zero-order chi connectivity index (χ0) is 15.3. The molecule has 1 aliphatic rings. The van der Waals surface area contributed by atoms with Crippen LogP contribution in [0.15, 0.2) is 24.3 Å². The number of sulfone groups is 1. The van der Waals surface area contributed by atoms with E-state index in [0.717, 1.165) is 0 Å². The van der Waals surface area contributed by atoms with E-state index in [1.54, 1.807) is 24.3 Å². The first-order chi connectivity index (χ1) is 9.98. The summed E-state index contributed by atoms with van der Waals surface area (Å²) in [6, 6.07) is 6.72. The molecular weight excluding hydrogens is 294 g/mol. The molecule has 1 N–H and O–H groups in total. The van der Waals surface area contributed by atoms with E-state index in [0.29, 0.717) is 24.5 Å². The second-order valence-electron chi connectivity index (χ2n) is 4.86. The van der Waals surface area contributed by atoms with E-state index in [4.69, 9.17) is 9.47 Å². The quantitative estimate of drug-likeness (QED) is 0.839. The number of carbonyl (C=O) groups is 1. The summed E-state index contributed by atoms with van der Waals surface area (Å²) in [6.07, 6.45) is 0.466. The van der Waals surface area contributed by atoms with Gasteiger partial charge < -0.3 is 14.8 Å². The van der Waals surface area contributed by atoms with Crippen molar-refractivity contribution in [2.75, 3.05) is 24.7 Å². The average molecular weight is 313 g/mol. The topological polar surface area (TPSA) is 81.7 Å². The normalized spacial score (nSPS) is 20.0. The number of benzene rings is 1. The first kappa shape index (κ1) is 15.6. The van der Waals surface area contributed by atoms with Crippen LogP contribution in [0.3, 0.4) is 0 Å². The monoisotopic (exact) mass is 313 g/mol. The fraction of sp³-hybridized carbons (Fsp3) is 0.500. The second kappa shape index (κ2) is 6.80. The van der Waals surface area contributed by atoms with E-state index in [-0.39, 0.29) is 30.1 Å². The summed E-state index contributed by atoms with van der Waals surface area (Å²) in [6.45, 7) is 2.29. The molecule has 2 rings (SSSR count). The average Bonchev–Trinajstić information content (AvgIpc) is 2.76. The van der Waals surface area contributed by atoms with Crippen LogP contribution in [0.1, 0.15) is 13.3 Å². The predicted octanol–water partition coefficient (Wildman–Crippen LogP) is 0.767. The minimum atomic E-state index is -2.99. The molecule has 0 radical (unpaired) electrons. The number of hydrogen-bond acceptors (Lipinski definition) is 5. The van der Waals surface area contributed by atoms with Gasteiger partial charge in [-0.25, -0.2) is 8.42 Å². The standard InChI is InChI=1S/C14H19NO5S/c1-2-19-12-4-3-5-13(8-12)20-9-14(16)15-11-6-7-21(17,18)10-11/h3-5,8,11H,2,6-7,9-10H2,1H3,(H,15,16). The summed E-state index contributed by atoms with van der Waals surface area (Å²) < 4.78 is 33.3. The van der Waals surface area contributed by atoms with Crippen molar-refractivity contribution in [3.63, 3.8) is 0 Å². The van der Waals surface area contributed by atoms with Gasteiger partial charge in [0.1, 0.15) is 11.5 Å². The Kier molecular flexibility index (Phi) is 5.06. The molecule has 1 aliphatic heterocycles. The smallest absolute Gasteiger partial charge is 0.258 e. The molecule has 1 fully saturated rings. The van der Waals surface area contributed by atoms with Gasteiger partial charge in [0.25, 0.3) is 5.91 Å². The van der Waals surface area contributed by atoms with E-state index in [9.17, 15) is 13.2 Å². The molecule has 0 aromatic heterocycles. The van der Waals surface area contributed by atoms with Gasteiger partial charge in [0.2, 0.25) is 0 Å². The molecule has 116 valence electrons. The molecule has 6 nitrogen and oxygen atoms in total. The predicted molar refractivity (Wildman–Crippen MR) is 78.3 cm³/mol. The highest BCUT2D eigenvalue weighted by Gasteiger charge is 2.28. The Balaban J connectivity index is 1.80. The lowest BCUT2D eigenvalue weighted by atomic mass is 10.2. The summed E-state index contributed by atoms with van der Waals surface area (Å²) in [7, 11) is -2.99. The fourth-order valence-corrected chi connectivity index (χ4v) is 3.82. The van der Waals surface area contributed by atoms with Crippen LogP contribution in [0.2, 0.25) is 0 Å². The molecule has 1 amide bonds. The molecule has 0 spiro atoms. The lowest BCUT2D eigenvalue weighted by molar-refractivity contribution is -0.123. The van der Waals surface area contributed by atoms with Gasteiger partial charge in [0.05, 0.1) is 18.1 Å². The molecular formula is C14H19NO5S. The van der Waals surface area contributed by atoms with E-state index < -0.39 is 9.84 Å². The maximum absolute atomic E-state index is 11.7. The Bertz CT molecular complexity index is 599. The van der Waals surface area contributed by atoms with Crippen LogP contribution < -0.4 is 14.8 Å². The van der Waals surface area contributed by atoms with Crippen molar-refractivity contribution >= 4 is 15.7 Å². The molecule has 1 atom stereocenters. The summed E-state index contributed by atoms with van der Waals surface area (Å²) >= 11 is 0. The van der Waals surface area contributed by atoms with Crippen LogP contribution in [0.4, 0.5) is 0 Å². The highest BCUT2D eigenvalue weighted by Crippen LogP contribution is 2.19. The molecule has 7 heteroatoms. The number of carbonyl (C=O) groups excluding carboxylic acids is 1. The molecule has 21 heavy (non-hydrogen) atoms. The van der Waals surface area contributed by atoms with Gasteiger partial charge in [-0.2, -0.15) is 0 Å². The third-order valence-corrected chi connectivity index (χ3v) is 4.85. The Morgan fingerprint density at radius 2 is 2.05 bits per heavy atom. The number of hydrogen-bond donors (Lipinski definition) is 1. The molecule has 1 heterocycles. The van der Waals surface area contributed by atoms with E-state index >= 15 is 0 Å². The maximum atomic E-state index is 11.7. The first-order valence-electron chi connectivity index (χ1n) is 6.84. The minimum absolute atomic E-state index is 0.0125. The zero-order valence-corrected chi connectivity index (χ0v) is 12.7. The van der Waals surface area contributed by atoms with Crippen LogP contribution in [0, 0.1) is 0 Å². The fourth-order valence-electron chi connectivity index (χ4n) is 2.15. The van der Waals surface area contributed by atoms with Gasteiger partial charge in [-0.05, 0) is 25.5 Å². The third-order valence-electron chi connectivity index (χ3n) is 3.08. The van der Waals surface area contributed by atoms with Gasteiger partial charge in [-0.3, -0.25) is 4.79 Å². The van der Waals surface area contributed by atoms with E-state index in [2.05, 4.69) is 5.32 Å². The molecule has 1 aromatic carbocycles. The molecule has 0 bridgehead atoms. The van der Waals surface area contributed by atoms with Gasteiger partial charge in [0, 0.05) is 12.1 Å². The number of amides is 1. The Labute approximate surface area is 124 Å². The van der Waals surface area contributed by atoms with Gasteiger partial charge in [0.15, 0.2) is 16.4 Å². The number of ether oxygens (including phenoxy) is 2. The van der Waals surface area contributed by atoms with Crippen LogP contribution >= 0.6 is 0 Å². The van der Waals surface area contributed by atoms with Crippen LogP contribution in [-0.4, -0.2) is 45.1 Å². The van der Waals surface area contributed by atoms with Crippen molar-refractivity contribution in [1.82, 2.24) is 5.32 Å². The van der Waals surface area contributed by atoms with Crippen molar-refractivity contribution in [3.8, 4) is 11.5 Å². The van der Waals surface area contributed by atoms with E-state index in [1.807, 2.05) is 6.92 Å². The Hall–Kier alpha value is -1.76. The molecule has 1 saturated heterocycles. The SMILES string of the molecule is CCOc1cccc(OCC(=O)NC2CCS(=O)(=O)C2)c1. The lowest BCUT2D eigenvalue weighted by Gasteiger charge is -2.12. The summed E-state index contributed by atoms with van der Waals surface area (Å²) in [5.74, 6) is 1.04. The van der Waals surface area contributed by atoms with Crippen molar-refractivity contribution in [1.29, 1.82) is 0 Å². The summed E-state index contributed by atoms with van der Waals surface area (Å²) in [4.78, 5) is 11.7. The van der Waals surface area contributed by atoms with E-state index in [1.165, 1.54) is 0 Å². The minimum Gasteiger partial charge on any atom is -0.494 e. The third kappa shape index (κ3) is 4.93. The van der Waals surface area contributed by atoms with Gasteiger partial charge in [-0.15, -0.1) is 0 Å². The largest absolute Gasteiger partial charge is 0.494 e. The second-order valence-corrected chi connectivity index (χ2v) is 7.09. The summed E-state index contributed by atoms with van der Waals surface area (Å²) in [5.41, 5.74) is 0. The van der Waals surface area contributed by atoms with Crippen molar-refractivity contribution in [3.05, 3.63) is 24.3 Å². The molecule has 1 unspecified atom stereocenters. The first-order valence-corrected chi connectivity index (χ1v) is 8.66. The van der Waals surface area contributed by atoms with Crippen LogP contribution in [0.5, 0.6) is 11.5 Å². The summed E-state index contributed by atoms with van der Waals surface area (Å²) in [5, 5.41) is 2.67. The van der Waals surface area contributed by atoms with Crippen molar-refractivity contribution < 1.29 is 22.7 Å².